The normalized spacial score (nSPS) is 33.3. The predicted molar refractivity (Wildman–Crippen MR) is 77.5 cm³/mol. The van der Waals surface area contributed by atoms with E-state index in [1.165, 1.54) is 64.5 Å². The van der Waals surface area contributed by atoms with Gasteiger partial charge in [0, 0.05) is 31.2 Å². The molecule has 0 saturated carbocycles. The van der Waals surface area contributed by atoms with E-state index in [-0.39, 0.29) is 0 Å². The smallest absolute Gasteiger partial charge is 0.0368 e. The van der Waals surface area contributed by atoms with E-state index < -0.39 is 0 Å². The molecule has 0 radical (unpaired) electrons. The third-order valence-electron chi connectivity index (χ3n) is 4.55. The summed E-state index contributed by atoms with van der Waals surface area (Å²) in [4.78, 5) is 0. The van der Waals surface area contributed by atoms with Crippen LogP contribution in [0.5, 0.6) is 0 Å². The van der Waals surface area contributed by atoms with Gasteiger partial charge in [0.25, 0.3) is 0 Å². The molecule has 0 amide bonds. The number of hydrazine groups is 1. The summed E-state index contributed by atoms with van der Waals surface area (Å²) >= 11 is 0. The molecule has 18 heavy (non-hydrogen) atoms. The van der Waals surface area contributed by atoms with E-state index in [1.807, 2.05) is 0 Å². The Balaban J connectivity index is 1.92. The number of nitrogens with zero attached hydrogens (tertiary/aromatic N) is 1. The van der Waals surface area contributed by atoms with Gasteiger partial charge < -0.3 is 5.32 Å². The number of unbranched alkanes of at least 4 members (excludes halogenated alkanes) is 2. The lowest BCUT2D eigenvalue weighted by atomic mass is 9.97. The topological polar surface area (TPSA) is 27.3 Å². The van der Waals surface area contributed by atoms with Gasteiger partial charge in [0.05, 0.1) is 0 Å². The zero-order valence-electron chi connectivity index (χ0n) is 12.3. The lowest BCUT2D eigenvalue weighted by Gasteiger charge is -2.29. The van der Waals surface area contributed by atoms with Crippen molar-refractivity contribution in [2.75, 3.05) is 13.1 Å². The summed E-state index contributed by atoms with van der Waals surface area (Å²) < 4.78 is 0. The maximum absolute atomic E-state index is 3.84. The van der Waals surface area contributed by atoms with Crippen LogP contribution >= 0.6 is 0 Å². The fourth-order valence-corrected chi connectivity index (χ4v) is 3.37. The van der Waals surface area contributed by atoms with Crippen LogP contribution in [0.1, 0.15) is 65.2 Å². The molecule has 2 heterocycles. The zero-order chi connectivity index (χ0) is 12.8. The molecule has 2 aliphatic heterocycles. The Bertz CT molecular complexity index is 232. The third-order valence-corrected chi connectivity index (χ3v) is 4.55. The van der Waals surface area contributed by atoms with Crippen molar-refractivity contribution in [3.8, 4) is 0 Å². The average molecular weight is 253 g/mol. The van der Waals surface area contributed by atoms with E-state index in [1.54, 1.807) is 0 Å². The van der Waals surface area contributed by atoms with Crippen LogP contribution < -0.4 is 10.7 Å². The number of nitrogens with one attached hydrogen (secondary N) is 2. The van der Waals surface area contributed by atoms with Crippen molar-refractivity contribution in [3.05, 3.63) is 0 Å². The minimum Gasteiger partial charge on any atom is -0.311 e. The molecule has 0 aromatic carbocycles. The first-order valence-electron chi connectivity index (χ1n) is 8.11. The second-order valence-corrected chi connectivity index (χ2v) is 6.02. The molecule has 0 bridgehead atoms. The molecular weight excluding hydrogens is 222 g/mol. The van der Waals surface area contributed by atoms with Gasteiger partial charge in [-0.1, -0.05) is 39.5 Å². The van der Waals surface area contributed by atoms with Crippen LogP contribution in [-0.2, 0) is 0 Å². The van der Waals surface area contributed by atoms with E-state index in [9.17, 15) is 0 Å². The quantitative estimate of drug-likeness (QED) is 0.762. The van der Waals surface area contributed by atoms with Crippen molar-refractivity contribution >= 4 is 0 Å². The maximum Gasteiger partial charge on any atom is 0.0368 e. The Hall–Kier alpha value is -0.120. The first-order chi connectivity index (χ1) is 8.85. The minimum atomic E-state index is 0.652. The summed E-state index contributed by atoms with van der Waals surface area (Å²) in [5.74, 6) is 0. The minimum absolute atomic E-state index is 0.652. The van der Waals surface area contributed by atoms with Crippen LogP contribution in [0.2, 0.25) is 0 Å². The summed E-state index contributed by atoms with van der Waals surface area (Å²) in [6.45, 7) is 7.02. The van der Waals surface area contributed by atoms with Crippen LogP contribution in [0.15, 0.2) is 0 Å². The largest absolute Gasteiger partial charge is 0.311 e. The van der Waals surface area contributed by atoms with Crippen LogP contribution in [0.3, 0.4) is 0 Å². The average Bonchev–Trinajstić information content (AvgIpc) is 2.76. The van der Waals surface area contributed by atoms with Gasteiger partial charge in [-0.15, -0.1) is 0 Å². The van der Waals surface area contributed by atoms with Gasteiger partial charge in [-0.3, -0.25) is 5.43 Å². The highest BCUT2D eigenvalue weighted by Crippen LogP contribution is 2.21. The molecule has 3 heteroatoms. The van der Waals surface area contributed by atoms with Crippen LogP contribution in [0, 0.1) is 0 Å². The molecule has 2 aliphatic rings. The highest BCUT2D eigenvalue weighted by molar-refractivity contribution is 4.90. The van der Waals surface area contributed by atoms with Gasteiger partial charge in [-0.25, -0.2) is 5.01 Å². The van der Waals surface area contributed by atoms with Crippen molar-refractivity contribution in [2.24, 2.45) is 0 Å². The molecule has 0 aromatic heterocycles. The molecular formula is C15H31N3. The lowest BCUT2D eigenvalue weighted by Crippen LogP contribution is -2.50. The summed E-state index contributed by atoms with van der Waals surface area (Å²) in [5, 5.41) is 6.37. The first-order valence-corrected chi connectivity index (χ1v) is 8.11. The number of rotatable bonds is 6. The molecule has 2 N–H and O–H groups in total. The van der Waals surface area contributed by atoms with E-state index in [0.717, 1.165) is 6.04 Å². The number of hydrogen-bond donors (Lipinski definition) is 2. The van der Waals surface area contributed by atoms with Crippen LogP contribution in [0.4, 0.5) is 0 Å². The molecule has 0 spiro atoms. The Morgan fingerprint density at radius 1 is 1.06 bits per heavy atom. The molecule has 2 fully saturated rings. The van der Waals surface area contributed by atoms with Crippen molar-refractivity contribution in [3.63, 3.8) is 0 Å². The van der Waals surface area contributed by atoms with Gasteiger partial charge in [0.2, 0.25) is 0 Å². The standard InChI is InChI=1S/C15H31N3/c1-3-5-9-14-15(10-6-4-2)17-18-11-7-8-13(18)12-16-14/h13-17H,3-12H2,1-2H3. The summed E-state index contributed by atoms with van der Waals surface area (Å²) in [5.41, 5.74) is 3.84. The number of fused-ring (bicyclic) bond motifs is 1. The molecule has 2 rings (SSSR count). The van der Waals surface area contributed by atoms with Crippen molar-refractivity contribution in [1.82, 2.24) is 15.8 Å². The van der Waals surface area contributed by atoms with Gasteiger partial charge in [0.1, 0.15) is 0 Å². The Labute approximate surface area is 113 Å². The Morgan fingerprint density at radius 2 is 1.78 bits per heavy atom. The zero-order valence-corrected chi connectivity index (χ0v) is 12.3. The van der Waals surface area contributed by atoms with E-state index in [0.29, 0.717) is 12.1 Å². The van der Waals surface area contributed by atoms with Gasteiger partial charge >= 0.3 is 0 Å². The lowest BCUT2D eigenvalue weighted by molar-refractivity contribution is 0.149. The van der Waals surface area contributed by atoms with Crippen molar-refractivity contribution in [2.45, 2.75) is 83.3 Å². The van der Waals surface area contributed by atoms with E-state index in [2.05, 4.69) is 29.6 Å². The van der Waals surface area contributed by atoms with Crippen molar-refractivity contribution < 1.29 is 0 Å². The second-order valence-electron chi connectivity index (χ2n) is 6.02. The maximum atomic E-state index is 3.84. The summed E-state index contributed by atoms with van der Waals surface area (Å²) in [7, 11) is 0. The Kier molecular flexibility index (Phi) is 5.93. The Morgan fingerprint density at radius 3 is 2.50 bits per heavy atom. The van der Waals surface area contributed by atoms with Gasteiger partial charge in [-0.2, -0.15) is 0 Å². The molecule has 3 nitrogen and oxygen atoms in total. The molecule has 0 aromatic rings. The monoisotopic (exact) mass is 253 g/mol. The second kappa shape index (κ2) is 7.46. The van der Waals surface area contributed by atoms with Crippen LogP contribution in [-0.4, -0.2) is 36.2 Å². The summed E-state index contributed by atoms with van der Waals surface area (Å²) in [6, 6.07) is 2.07. The highest BCUT2D eigenvalue weighted by Gasteiger charge is 2.33. The summed E-state index contributed by atoms with van der Waals surface area (Å²) in [6.07, 6.45) is 10.7. The van der Waals surface area contributed by atoms with E-state index in [4.69, 9.17) is 0 Å². The molecule has 106 valence electrons. The van der Waals surface area contributed by atoms with Gasteiger partial charge in [-0.05, 0) is 25.7 Å². The van der Waals surface area contributed by atoms with Crippen molar-refractivity contribution in [1.29, 1.82) is 0 Å². The highest BCUT2D eigenvalue weighted by atomic mass is 15.6. The fourth-order valence-electron chi connectivity index (χ4n) is 3.37. The molecule has 2 saturated heterocycles. The SMILES string of the molecule is CCCCC1NCC2CCCN2NC1CCCC. The fraction of sp³-hybridized carbons (Fsp3) is 1.00. The van der Waals surface area contributed by atoms with Gasteiger partial charge in [0.15, 0.2) is 0 Å². The van der Waals surface area contributed by atoms with Crippen LogP contribution in [0.25, 0.3) is 0 Å². The van der Waals surface area contributed by atoms with E-state index >= 15 is 0 Å². The molecule has 3 unspecified atom stereocenters. The molecule has 3 atom stereocenters. The predicted octanol–water partition coefficient (Wildman–Crippen LogP) is 2.68. The first kappa shape index (κ1) is 14.3. The number of hydrogen-bond acceptors (Lipinski definition) is 3. The molecule has 0 aliphatic carbocycles. The third kappa shape index (κ3) is 3.69.